The molecule has 0 atom stereocenters. The molecule has 9 heteroatoms. The van der Waals surface area contributed by atoms with Crippen molar-refractivity contribution in [3.05, 3.63) is 90.8 Å². The van der Waals surface area contributed by atoms with Crippen LogP contribution in [0.3, 0.4) is 0 Å². The molecule has 0 aliphatic carbocycles. The fraction of sp³-hybridized carbons (Fsp3) is 0.0870. The van der Waals surface area contributed by atoms with Crippen molar-refractivity contribution >= 4 is 65.9 Å². The van der Waals surface area contributed by atoms with E-state index in [2.05, 4.69) is 58.3 Å². The third kappa shape index (κ3) is 7.01. The van der Waals surface area contributed by atoms with Crippen molar-refractivity contribution in [2.45, 2.75) is 6.92 Å². The van der Waals surface area contributed by atoms with E-state index >= 15 is 0 Å². The fourth-order valence-corrected chi connectivity index (χ4v) is 4.28. The second-order valence-corrected chi connectivity index (χ2v) is 9.29. The first-order valence-electron chi connectivity index (χ1n) is 9.30. The van der Waals surface area contributed by atoms with E-state index in [0.29, 0.717) is 21.3 Å². The number of carbonyl (C=O) groups excluding carboxylic acids is 2. The van der Waals surface area contributed by atoms with Crippen LogP contribution in [0.15, 0.2) is 79.2 Å². The second-order valence-electron chi connectivity index (χ2n) is 6.60. The number of amides is 1. The van der Waals surface area contributed by atoms with E-state index < -0.39 is 11.9 Å². The SMILES string of the molecule is Cc1ccc(OCC(=O)NN=Cc2cc(Br)cc(Br)c2OC(=O)c2cccc(Br)c2)cc1. The Bertz CT molecular complexity index is 1160. The number of rotatable bonds is 7. The lowest BCUT2D eigenvalue weighted by Crippen LogP contribution is -2.24. The van der Waals surface area contributed by atoms with Gasteiger partial charge in [0.05, 0.1) is 16.3 Å². The third-order valence-corrected chi connectivity index (χ3v) is 5.62. The number of hydrogen-bond acceptors (Lipinski definition) is 5. The lowest BCUT2D eigenvalue weighted by molar-refractivity contribution is -0.123. The molecule has 0 fully saturated rings. The molecule has 0 radical (unpaired) electrons. The highest BCUT2D eigenvalue weighted by molar-refractivity contribution is 9.11. The maximum absolute atomic E-state index is 12.6. The van der Waals surface area contributed by atoms with E-state index in [1.807, 2.05) is 25.1 Å². The van der Waals surface area contributed by atoms with Crippen molar-refractivity contribution in [1.82, 2.24) is 5.43 Å². The van der Waals surface area contributed by atoms with Gasteiger partial charge in [-0.2, -0.15) is 5.10 Å². The summed E-state index contributed by atoms with van der Waals surface area (Å²) in [5.74, 6) is -0.0949. The average Bonchev–Trinajstić information content (AvgIpc) is 2.75. The summed E-state index contributed by atoms with van der Waals surface area (Å²) in [5, 5.41) is 3.96. The molecule has 6 nitrogen and oxygen atoms in total. The van der Waals surface area contributed by atoms with Crippen molar-refractivity contribution in [1.29, 1.82) is 0 Å². The average molecular weight is 625 g/mol. The number of aryl methyl sites for hydroxylation is 1. The van der Waals surface area contributed by atoms with Gasteiger partial charge in [0.25, 0.3) is 5.91 Å². The van der Waals surface area contributed by atoms with E-state index in [9.17, 15) is 9.59 Å². The smallest absolute Gasteiger partial charge is 0.343 e. The topological polar surface area (TPSA) is 77.0 Å². The van der Waals surface area contributed by atoms with E-state index in [-0.39, 0.29) is 12.4 Å². The molecule has 1 N–H and O–H groups in total. The molecule has 3 rings (SSSR count). The Balaban J connectivity index is 1.67. The van der Waals surface area contributed by atoms with Crippen LogP contribution in [0.4, 0.5) is 0 Å². The standard InChI is InChI=1S/C23H17Br3N2O4/c1-14-5-7-19(8-6-14)31-13-21(29)28-27-12-16-10-18(25)11-20(26)22(16)32-23(30)15-3-2-4-17(24)9-15/h2-12H,13H2,1H3,(H,28,29). The molecule has 0 unspecified atom stereocenters. The predicted molar refractivity (Wildman–Crippen MR) is 133 cm³/mol. The molecule has 3 aromatic carbocycles. The molecule has 0 aliphatic rings. The van der Waals surface area contributed by atoms with Gasteiger partial charge in [-0.05, 0) is 65.3 Å². The minimum atomic E-state index is -0.528. The molecule has 0 spiro atoms. The molecule has 32 heavy (non-hydrogen) atoms. The first-order valence-corrected chi connectivity index (χ1v) is 11.7. The molecular weight excluding hydrogens is 608 g/mol. The van der Waals surface area contributed by atoms with Crippen LogP contribution in [0.2, 0.25) is 0 Å². The monoisotopic (exact) mass is 622 g/mol. The number of ether oxygens (including phenoxy) is 2. The summed E-state index contributed by atoms with van der Waals surface area (Å²) >= 11 is 10.1. The molecule has 0 saturated carbocycles. The number of benzene rings is 3. The van der Waals surface area contributed by atoms with Crippen LogP contribution >= 0.6 is 47.8 Å². The number of esters is 1. The zero-order chi connectivity index (χ0) is 23.1. The molecule has 0 heterocycles. The van der Waals surface area contributed by atoms with Crippen LogP contribution in [0.1, 0.15) is 21.5 Å². The van der Waals surface area contributed by atoms with Gasteiger partial charge in [0.1, 0.15) is 5.75 Å². The van der Waals surface area contributed by atoms with Gasteiger partial charge in [0, 0.05) is 14.5 Å². The van der Waals surface area contributed by atoms with Crippen molar-refractivity contribution < 1.29 is 19.1 Å². The lowest BCUT2D eigenvalue weighted by Gasteiger charge is -2.11. The molecule has 1 amide bonds. The Morgan fingerprint density at radius 2 is 1.75 bits per heavy atom. The normalized spacial score (nSPS) is 10.8. The number of hydrogen-bond donors (Lipinski definition) is 1. The van der Waals surface area contributed by atoms with Crippen molar-refractivity contribution in [3.8, 4) is 11.5 Å². The zero-order valence-corrected chi connectivity index (χ0v) is 21.5. The first-order chi connectivity index (χ1) is 15.3. The van der Waals surface area contributed by atoms with E-state index in [0.717, 1.165) is 14.5 Å². The molecule has 0 aliphatic heterocycles. The number of hydrazone groups is 1. The molecule has 0 aromatic heterocycles. The van der Waals surface area contributed by atoms with Crippen LogP contribution in [0, 0.1) is 6.92 Å². The fourth-order valence-electron chi connectivity index (χ4n) is 2.54. The Morgan fingerprint density at radius 1 is 1.00 bits per heavy atom. The highest BCUT2D eigenvalue weighted by Crippen LogP contribution is 2.32. The highest BCUT2D eigenvalue weighted by atomic mass is 79.9. The predicted octanol–water partition coefficient (Wildman–Crippen LogP) is 6.03. The minimum absolute atomic E-state index is 0.187. The molecular formula is C23H17Br3N2O4. The second kappa shape index (κ2) is 11.4. The van der Waals surface area contributed by atoms with Gasteiger partial charge in [-0.25, -0.2) is 10.2 Å². The maximum Gasteiger partial charge on any atom is 0.343 e. The van der Waals surface area contributed by atoms with E-state index in [1.165, 1.54) is 6.21 Å². The first kappa shape index (κ1) is 24.2. The van der Waals surface area contributed by atoms with Gasteiger partial charge in [-0.1, -0.05) is 55.6 Å². The van der Waals surface area contributed by atoms with Gasteiger partial charge in [0.15, 0.2) is 12.4 Å². The number of nitrogens with one attached hydrogen (secondary N) is 1. The zero-order valence-electron chi connectivity index (χ0n) is 16.8. The van der Waals surface area contributed by atoms with E-state index in [4.69, 9.17) is 9.47 Å². The van der Waals surface area contributed by atoms with Gasteiger partial charge < -0.3 is 9.47 Å². The Hall–Kier alpha value is -2.49. The van der Waals surface area contributed by atoms with Gasteiger partial charge in [-0.3, -0.25) is 4.79 Å². The summed E-state index contributed by atoms with van der Waals surface area (Å²) in [6.07, 6.45) is 1.39. The third-order valence-electron chi connectivity index (χ3n) is 4.08. The number of halogens is 3. The van der Waals surface area contributed by atoms with Crippen LogP contribution in [-0.4, -0.2) is 24.7 Å². The molecule has 0 bridgehead atoms. The van der Waals surface area contributed by atoms with Crippen molar-refractivity contribution in [2.75, 3.05) is 6.61 Å². The van der Waals surface area contributed by atoms with Crippen LogP contribution in [0.5, 0.6) is 11.5 Å². The summed E-state index contributed by atoms with van der Waals surface area (Å²) in [5.41, 5.74) is 4.37. The number of nitrogens with zero attached hydrogens (tertiary/aromatic N) is 1. The van der Waals surface area contributed by atoms with Crippen LogP contribution in [-0.2, 0) is 4.79 Å². The van der Waals surface area contributed by atoms with Crippen molar-refractivity contribution in [3.63, 3.8) is 0 Å². The lowest BCUT2D eigenvalue weighted by atomic mass is 10.2. The van der Waals surface area contributed by atoms with Crippen molar-refractivity contribution in [2.24, 2.45) is 5.10 Å². The summed E-state index contributed by atoms with van der Waals surface area (Å²) in [6, 6.07) is 17.7. The largest absolute Gasteiger partial charge is 0.484 e. The Kier molecular flexibility index (Phi) is 8.60. The Morgan fingerprint density at radius 3 is 2.47 bits per heavy atom. The van der Waals surface area contributed by atoms with Gasteiger partial charge >= 0.3 is 5.97 Å². The van der Waals surface area contributed by atoms with E-state index in [1.54, 1.807) is 42.5 Å². The summed E-state index contributed by atoms with van der Waals surface area (Å²) < 4.78 is 13.1. The Labute approximate surface area is 210 Å². The quantitative estimate of drug-likeness (QED) is 0.151. The summed E-state index contributed by atoms with van der Waals surface area (Å²) in [7, 11) is 0. The highest BCUT2D eigenvalue weighted by Gasteiger charge is 2.15. The summed E-state index contributed by atoms with van der Waals surface area (Å²) in [4.78, 5) is 24.6. The maximum atomic E-state index is 12.6. The van der Waals surface area contributed by atoms with Gasteiger partial charge in [-0.15, -0.1) is 0 Å². The van der Waals surface area contributed by atoms with Crippen LogP contribution in [0.25, 0.3) is 0 Å². The molecule has 0 saturated heterocycles. The molecule has 3 aromatic rings. The number of carbonyl (C=O) groups is 2. The van der Waals surface area contributed by atoms with Crippen LogP contribution < -0.4 is 14.9 Å². The summed E-state index contributed by atoms with van der Waals surface area (Å²) in [6.45, 7) is 1.78. The van der Waals surface area contributed by atoms with Gasteiger partial charge in [0.2, 0.25) is 0 Å². The minimum Gasteiger partial charge on any atom is -0.484 e. The molecule has 164 valence electrons.